The van der Waals surface area contributed by atoms with Gasteiger partial charge in [0.05, 0.1) is 5.25 Å². The van der Waals surface area contributed by atoms with E-state index in [4.69, 9.17) is 15.9 Å². The minimum absolute atomic E-state index is 0.0207. The summed E-state index contributed by atoms with van der Waals surface area (Å²) in [6.45, 7) is 0.558. The molecule has 1 aliphatic heterocycles. The molecule has 2 aromatic rings. The number of ether oxygens (including phenoxy) is 1. The van der Waals surface area contributed by atoms with Crippen molar-refractivity contribution >= 4 is 16.9 Å². The lowest BCUT2D eigenvalue weighted by atomic mass is 10.0. The van der Waals surface area contributed by atoms with Crippen molar-refractivity contribution in [1.29, 1.82) is 5.41 Å². The number of nitrogens with one attached hydrogen (secondary N) is 1. The first-order valence-electron chi connectivity index (χ1n) is 6.06. The van der Waals surface area contributed by atoms with Crippen LogP contribution in [0.5, 0.6) is 5.75 Å². The zero-order chi connectivity index (χ0) is 13.2. The summed E-state index contributed by atoms with van der Waals surface area (Å²) in [5.74, 6) is 0.873. The number of para-hydroxylation sites is 1. The van der Waals surface area contributed by atoms with E-state index in [1.54, 1.807) is 0 Å². The fourth-order valence-corrected chi connectivity index (χ4v) is 3.26. The molecule has 0 fully saturated rings. The number of amidine groups is 1. The van der Waals surface area contributed by atoms with Crippen molar-refractivity contribution in [2.24, 2.45) is 5.73 Å². The molecule has 3 nitrogen and oxygen atoms in total. The number of rotatable bonds is 1. The molecule has 19 heavy (non-hydrogen) atoms. The monoisotopic (exact) mass is 270 g/mol. The molecule has 0 saturated carbocycles. The molecule has 1 heterocycles. The van der Waals surface area contributed by atoms with Gasteiger partial charge in [-0.05, 0) is 17.2 Å². The van der Waals surface area contributed by atoms with Crippen LogP contribution in [-0.4, -0.2) is 5.17 Å². The fraction of sp³-hybridized carbons (Fsp3) is 0.133. The fourth-order valence-electron chi connectivity index (χ4n) is 2.33. The van der Waals surface area contributed by atoms with Crippen molar-refractivity contribution in [3.63, 3.8) is 0 Å². The van der Waals surface area contributed by atoms with E-state index >= 15 is 0 Å². The lowest BCUT2D eigenvalue weighted by molar-refractivity contribution is 0.307. The second kappa shape index (κ2) is 4.97. The summed E-state index contributed by atoms with van der Waals surface area (Å²) < 4.78 is 5.86. The predicted octanol–water partition coefficient (Wildman–Crippen LogP) is 3.30. The van der Waals surface area contributed by atoms with E-state index in [1.165, 1.54) is 17.3 Å². The van der Waals surface area contributed by atoms with Crippen LogP contribution in [0.1, 0.15) is 21.9 Å². The molecule has 1 aliphatic rings. The first kappa shape index (κ1) is 12.1. The first-order chi connectivity index (χ1) is 9.25. The van der Waals surface area contributed by atoms with Crippen molar-refractivity contribution in [3.05, 3.63) is 65.2 Å². The molecule has 0 saturated heterocycles. The van der Waals surface area contributed by atoms with Gasteiger partial charge >= 0.3 is 0 Å². The molecular formula is C15H14N2OS. The van der Waals surface area contributed by atoms with Gasteiger partial charge < -0.3 is 10.5 Å². The molecule has 0 unspecified atom stereocenters. The molecule has 0 amide bonds. The maximum atomic E-state index is 7.58. The lowest BCUT2D eigenvalue weighted by Crippen LogP contribution is -2.09. The molecule has 1 atom stereocenters. The average molecular weight is 270 g/mol. The number of hydrogen-bond donors (Lipinski definition) is 2. The standard InChI is InChI=1S/C15H14N2OS/c16-15(17)19-14-11-6-2-1-5-10(11)9-18-13-8-4-3-7-12(13)14/h1-8,14H,9H2,(H3,16,17)/t14-/m0/s1. The van der Waals surface area contributed by atoms with Gasteiger partial charge in [0.15, 0.2) is 5.17 Å². The van der Waals surface area contributed by atoms with Gasteiger partial charge in [0.1, 0.15) is 12.4 Å². The lowest BCUT2D eigenvalue weighted by Gasteiger charge is -2.17. The third kappa shape index (κ3) is 2.31. The van der Waals surface area contributed by atoms with E-state index in [0.717, 1.165) is 16.9 Å². The molecule has 96 valence electrons. The minimum Gasteiger partial charge on any atom is -0.489 e. The summed E-state index contributed by atoms with van der Waals surface area (Å²) >= 11 is 1.36. The number of nitrogens with two attached hydrogens (primary N) is 1. The molecule has 0 spiro atoms. The van der Waals surface area contributed by atoms with Gasteiger partial charge in [-0.25, -0.2) is 0 Å². The Bertz CT molecular complexity index is 580. The summed E-state index contributed by atoms with van der Waals surface area (Å²) in [5, 5.41) is 7.73. The van der Waals surface area contributed by atoms with Crippen molar-refractivity contribution in [2.45, 2.75) is 11.9 Å². The Morgan fingerprint density at radius 2 is 1.79 bits per heavy atom. The number of benzene rings is 2. The van der Waals surface area contributed by atoms with Gasteiger partial charge in [-0.1, -0.05) is 54.2 Å². The summed E-state index contributed by atoms with van der Waals surface area (Å²) in [4.78, 5) is 0. The van der Waals surface area contributed by atoms with Gasteiger partial charge in [-0.2, -0.15) is 0 Å². The summed E-state index contributed by atoms with van der Waals surface area (Å²) in [5.41, 5.74) is 8.99. The highest BCUT2D eigenvalue weighted by Gasteiger charge is 2.25. The van der Waals surface area contributed by atoms with Crippen molar-refractivity contribution in [1.82, 2.24) is 0 Å². The highest BCUT2D eigenvalue weighted by atomic mass is 32.2. The van der Waals surface area contributed by atoms with Crippen LogP contribution in [-0.2, 0) is 6.61 Å². The molecule has 3 rings (SSSR count). The topological polar surface area (TPSA) is 59.1 Å². The van der Waals surface area contributed by atoms with Crippen LogP contribution in [0.3, 0.4) is 0 Å². The van der Waals surface area contributed by atoms with E-state index in [0.29, 0.717) is 6.61 Å². The Morgan fingerprint density at radius 3 is 2.58 bits per heavy atom. The van der Waals surface area contributed by atoms with Gasteiger partial charge in [0, 0.05) is 5.56 Å². The van der Waals surface area contributed by atoms with E-state index < -0.39 is 0 Å². The Morgan fingerprint density at radius 1 is 1.11 bits per heavy atom. The number of thioether (sulfide) groups is 1. The van der Waals surface area contributed by atoms with E-state index in [9.17, 15) is 0 Å². The second-order valence-corrected chi connectivity index (χ2v) is 5.53. The first-order valence-corrected chi connectivity index (χ1v) is 6.94. The molecule has 0 aromatic heterocycles. The van der Waals surface area contributed by atoms with Gasteiger partial charge in [0.25, 0.3) is 0 Å². The Hall–Kier alpha value is -1.94. The molecule has 0 radical (unpaired) electrons. The minimum atomic E-state index is 0.0207. The van der Waals surface area contributed by atoms with Crippen LogP contribution in [0.4, 0.5) is 0 Å². The van der Waals surface area contributed by atoms with E-state index in [1.807, 2.05) is 36.4 Å². The van der Waals surface area contributed by atoms with Crippen LogP contribution in [0.15, 0.2) is 48.5 Å². The Balaban J connectivity index is 2.16. The normalized spacial score (nSPS) is 16.7. The van der Waals surface area contributed by atoms with Crippen molar-refractivity contribution < 1.29 is 4.74 Å². The Labute approximate surface area is 116 Å². The largest absolute Gasteiger partial charge is 0.489 e. The summed E-state index contributed by atoms with van der Waals surface area (Å²) in [7, 11) is 0. The molecule has 2 aromatic carbocycles. The van der Waals surface area contributed by atoms with E-state index in [2.05, 4.69) is 12.1 Å². The van der Waals surface area contributed by atoms with Gasteiger partial charge in [-0.3, -0.25) is 5.41 Å². The van der Waals surface area contributed by atoms with Crippen LogP contribution < -0.4 is 10.5 Å². The van der Waals surface area contributed by atoms with E-state index in [-0.39, 0.29) is 10.4 Å². The molecule has 0 bridgehead atoms. The smallest absolute Gasteiger partial charge is 0.151 e. The zero-order valence-electron chi connectivity index (χ0n) is 10.3. The number of hydrogen-bond acceptors (Lipinski definition) is 3. The average Bonchev–Trinajstić information content (AvgIpc) is 2.57. The summed E-state index contributed by atoms with van der Waals surface area (Å²) in [6.07, 6.45) is 0. The maximum absolute atomic E-state index is 7.58. The molecule has 0 aliphatic carbocycles. The maximum Gasteiger partial charge on any atom is 0.151 e. The zero-order valence-corrected chi connectivity index (χ0v) is 11.1. The second-order valence-electron chi connectivity index (χ2n) is 4.39. The summed E-state index contributed by atoms with van der Waals surface area (Å²) in [6, 6.07) is 16.1. The highest BCUT2D eigenvalue weighted by Crippen LogP contribution is 2.43. The van der Waals surface area contributed by atoms with Gasteiger partial charge in [0.2, 0.25) is 0 Å². The third-order valence-electron chi connectivity index (χ3n) is 3.17. The molecule has 3 N–H and O–H groups in total. The molecular weight excluding hydrogens is 256 g/mol. The van der Waals surface area contributed by atoms with Crippen molar-refractivity contribution in [2.75, 3.05) is 0 Å². The van der Waals surface area contributed by atoms with Crippen molar-refractivity contribution in [3.8, 4) is 5.75 Å². The molecule has 4 heteroatoms. The Kier molecular flexibility index (Phi) is 3.17. The SMILES string of the molecule is N=C(N)S[C@H]1c2ccccc2COc2ccccc21. The van der Waals surface area contributed by atoms with Crippen LogP contribution in [0.2, 0.25) is 0 Å². The third-order valence-corrected chi connectivity index (χ3v) is 4.16. The predicted molar refractivity (Wildman–Crippen MR) is 78.6 cm³/mol. The highest BCUT2D eigenvalue weighted by molar-refractivity contribution is 8.14. The van der Waals surface area contributed by atoms with Crippen LogP contribution in [0, 0.1) is 5.41 Å². The van der Waals surface area contributed by atoms with Gasteiger partial charge in [-0.15, -0.1) is 0 Å². The van der Waals surface area contributed by atoms with Crippen LogP contribution >= 0.6 is 11.8 Å². The quantitative estimate of drug-likeness (QED) is 0.617. The van der Waals surface area contributed by atoms with Crippen LogP contribution in [0.25, 0.3) is 0 Å². The number of fused-ring (bicyclic) bond motifs is 2.